The van der Waals surface area contributed by atoms with E-state index >= 15 is 0 Å². The SMILES string of the molecule is CC(C)(C)OC(=O)N1CCC(NC(=O)[C@H](N)Cc2ccccc2)CC1. The summed E-state index contributed by atoms with van der Waals surface area (Å²) in [7, 11) is 0. The molecule has 1 aliphatic rings. The summed E-state index contributed by atoms with van der Waals surface area (Å²) in [4.78, 5) is 26.0. The number of hydrogen-bond acceptors (Lipinski definition) is 4. The smallest absolute Gasteiger partial charge is 0.410 e. The van der Waals surface area contributed by atoms with Gasteiger partial charge < -0.3 is 20.7 Å². The fourth-order valence-electron chi connectivity index (χ4n) is 2.80. The van der Waals surface area contributed by atoms with Crippen molar-refractivity contribution >= 4 is 12.0 Å². The van der Waals surface area contributed by atoms with Gasteiger partial charge in [-0.2, -0.15) is 0 Å². The normalized spacial score (nSPS) is 17.0. The molecule has 2 amide bonds. The lowest BCUT2D eigenvalue weighted by Gasteiger charge is -2.34. The van der Waals surface area contributed by atoms with Crippen molar-refractivity contribution < 1.29 is 14.3 Å². The van der Waals surface area contributed by atoms with Gasteiger partial charge in [0, 0.05) is 19.1 Å². The molecular formula is C19H29N3O3. The largest absolute Gasteiger partial charge is 0.444 e. The lowest BCUT2D eigenvalue weighted by Crippen LogP contribution is -2.51. The van der Waals surface area contributed by atoms with Crippen LogP contribution in [0.1, 0.15) is 39.2 Å². The van der Waals surface area contributed by atoms with Crippen molar-refractivity contribution in [2.75, 3.05) is 13.1 Å². The highest BCUT2D eigenvalue weighted by atomic mass is 16.6. The Morgan fingerprint density at radius 3 is 2.40 bits per heavy atom. The van der Waals surface area contributed by atoms with Crippen LogP contribution in [-0.2, 0) is 16.0 Å². The summed E-state index contributed by atoms with van der Waals surface area (Å²) in [6.45, 7) is 6.71. The van der Waals surface area contributed by atoms with E-state index in [0.717, 1.165) is 5.56 Å². The van der Waals surface area contributed by atoms with Gasteiger partial charge in [-0.15, -0.1) is 0 Å². The molecule has 1 saturated heterocycles. The van der Waals surface area contributed by atoms with Gasteiger partial charge in [-0.05, 0) is 45.6 Å². The van der Waals surface area contributed by atoms with Crippen molar-refractivity contribution in [3.63, 3.8) is 0 Å². The molecule has 3 N–H and O–H groups in total. The molecule has 6 nitrogen and oxygen atoms in total. The van der Waals surface area contributed by atoms with Crippen LogP contribution in [0.2, 0.25) is 0 Å². The van der Waals surface area contributed by atoms with Crippen LogP contribution in [0, 0.1) is 0 Å². The third-order valence-corrected chi connectivity index (χ3v) is 4.13. The Kier molecular flexibility index (Phi) is 6.42. The van der Waals surface area contributed by atoms with Gasteiger partial charge in [0.1, 0.15) is 5.60 Å². The first-order valence-electron chi connectivity index (χ1n) is 8.82. The molecule has 1 atom stereocenters. The predicted molar refractivity (Wildman–Crippen MR) is 97.1 cm³/mol. The highest BCUT2D eigenvalue weighted by Gasteiger charge is 2.28. The Hall–Kier alpha value is -2.08. The van der Waals surface area contributed by atoms with Gasteiger partial charge in [0.25, 0.3) is 0 Å². The van der Waals surface area contributed by atoms with Crippen LogP contribution in [0.4, 0.5) is 4.79 Å². The number of rotatable bonds is 4. The zero-order chi connectivity index (χ0) is 18.4. The number of carbonyl (C=O) groups excluding carboxylic acids is 2. The monoisotopic (exact) mass is 347 g/mol. The van der Waals surface area contributed by atoms with Crippen molar-refractivity contribution in [3.8, 4) is 0 Å². The van der Waals surface area contributed by atoms with Crippen molar-refractivity contribution in [3.05, 3.63) is 35.9 Å². The Labute approximate surface area is 149 Å². The molecule has 1 heterocycles. The Balaban J connectivity index is 1.75. The summed E-state index contributed by atoms with van der Waals surface area (Å²) in [5.41, 5.74) is 6.57. The second kappa shape index (κ2) is 8.34. The summed E-state index contributed by atoms with van der Waals surface area (Å²) < 4.78 is 5.38. The average Bonchev–Trinajstić information content (AvgIpc) is 2.54. The third kappa shape index (κ3) is 6.38. The highest BCUT2D eigenvalue weighted by Crippen LogP contribution is 2.15. The van der Waals surface area contributed by atoms with Crippen LogP contribution in [0.15, 0.2) is 30.3 Å². The lowest BCUT2D eigenvalue weighted by atomic mass is 10.0. The van der Waals surface area contributed by atoms with E-state index in [4.69, 9.17) is 10.5 Å². The van der Waals surface area contributed by atoms with Crippen LogP contribution in [-0.4, -0.2) is 47.7 Å². The second-order valence-corrected chi connectivity index (χ2v) is 7.55. The van der Waals surface area contributed by atoms with Crippen LogP contribution < -0.4 is 11.1 Å². The molecule has 138 valence electrons. The van der Waals surface area contributed by atoms with E-state index < -0.39 is 11.6 Å². The van der Waals surface area contributed by atoms with Gasteiger partial charge >= 0.3 is 6.09 Å². The van der Waals surface area contributed by atoms with Crippen LogP contribution in [0.3, 0.4) is 0 Å². The van der Waals surface area contributed by atoms with E-state index in [1.165, 1.54) is 0 Å². The summed E-state index contributed by atoms with van der Waals surface area (Å²) in [6.07, 6.45) is 1.65. The topological polar surface area (TPSA) is 84.7 Å². The van der Waals surface area contributed by atoms with Gasteiger partial charge in [0.05, 0.1) is 6.04 Å². The molecule has 0 aromatic heterocycles. The Morgan fingerprint density at radius 2 is 1.84 bits per heavy atom. The van der Waals surface area contributed by atoms with Gasteiger partial charge in [0.2, 0.25) is 5.91 Å². The van der Waals surface area contributed by atoms with Gasteiger partial charge in [-0.1, -0.05) is 30.3 Å². The minimum absolute atomic E-state index is 0.0491. The Bertz CT molecular complexity index is 575. The minimum Gasteiger partial charge on any atom is -0.444 e. The number of piperidine rings is 1. The summed E-state index contributed by atoms with van der Waals surface area (Å²) >= 11 is 0. The average molecular weight is 347 g/mol. The van der Waals surface area contributed by atoms with Gasteiger partial charge in [-0.25, -0.2) is 4.79 Å². The molecule has 0 spiro atoms. The zero-order valence-electron chi connectivity index (χ0n) is 15.3. The van der Waals surface area contributed by atoms with Crippen molar-refractivity contribution in [1.82, 2.24) is 10.2 Å². The number of carbonyl (C=O) groups is 2. The van der Waals surface area contributed by atoms with Gasteiger partial charge in [0.15, 0.2) is 0 Å². The molecule has 6 heteroatoms. The molecule has 0 saturated carbocycles. The molecule has 1 aromatic carbocycles. The van der Waals surface area contributed by atoms with Crippen molar-refractivity contribution in [2.24, 2.45) is 5.73 Å². The number of hydrogen-bond donors (Lipinski definition) is 2. The number of nitrogens with one attached hydrogen (secondary N) is 1. The molecule has 0 radical (unpaired) electrons. The summed E-state index contributed by atoms with van der Waals surface area (Å²) in [5, 5.41) is 3.00. The highest BCUT2D eigenvalue weighted by molar-refractivity contribution is 5.82. The van der Waals surface area contributed by atoms with Crippen LogP contribution >= 0.6 is 0 Å². The fraction of sp³-hybridized carbons (Fsp3) is 0.579. The fourth-order valence-corrected chi connectivity index (χ4v) is 2.80. The number of nitrogens with two attached hydrogens (primary N) is 1. The van der Waals surface area contributed by atoms with E-state index in [1.54, 1.807) is 4.90 Å². The molecule has 1 aromatic rings. The standard InChI is InChI=1S/C19H29N3O3/c1-19(2,3)25-18(24)22-11-9-15(10-12-22)21-17(23)16(20)13-14-7-5-4-6-8-14/h4-8,15-16H,9-13,20H2,1-3H3,(H,21,23)/t16-/m1/s1. The molecular weight excluding hydrogens is 318 g/mol. The van der Waals surface area contributed by atoms with Gasteiger partial charge in [-0.3, -0.25) is 4.79 Å². The summed E-state index contributed by atoms with van der Waals surface area (Å²) in [5.74, 6) is -0.139. The summed E-state index contributed by atoms with van der Waals surface area (Å²) in [6, 6.07) is 9.23. The first-order chi connectivity index (χ1) is 11.7. The Morgan fingerprint density at radius 1 is 1.24 bits per heavy atom. The quantitative estimate of drug-likeness (QED) is 0.873. The number of likely N-dealkylation sites (tertiary alicyclic amines) is 1. The molecule has 1 fully saturated rings. The van der Waals surface area contributed by atoms with E-state index in [0.29, 0.717) is 32.4 Å². The first-order valence-corrected chi connectivity index (χ1v) is 8.82. The van der Waals surface area contributed by atoms with E-state index in [2.05, 4.69) is 5.32 Å². The molecule has 2 rings (SSSR count). The second-order valence-electron chi connectivity index (χ2n) is 7.55. The maximum absolute atomic E-state index is 12.3. The number of amides is 2. The van der Waals surface area contributed by atoms with Crippen molar-refractivity contribution in [1.29, 1.82) is 0 Å². The number of nitrogens with zero attached hydrogens (tertiary/aromatic N) is 1. The molecule has 25 heavy (non-hydrogen) atoms. The van der Waals surface area contributed by atoms with E-state index in [-0.39, 0.29) is 18.0 Å². The number of benzene rings is 1. The zero-order valence-corrected chi connectivity index (χ0v) is 15.3. The van der Waals surface area contributed by atoms with Crippen molar-refractivity contribution in [2.45, 2.75) is 57.7 Å². The molecule has 0 unspecified atom stereocenters. The third-order valence-electron chi connectivity index (χ3n) is 4.13. The lowest BCUT2D eigenvalue weighted by molar-refractivity contribution is -0.123. The maximum Gasteiger partial charge on any atom is 0.410 e. The van der Waals surface area contributed by atoms with Crippen LogP contribution in [0.25, 0.3) is 0 Å². The minimum atomic E-state index is -0.564. The maximum atomic E-state index is 12.3. The first kappa shape index (κ1) is 19.2. The molecule has 0 aliphatic carbocycles. The van der Waals surface area contributed by atoms with Crippen LogP contribution in [0.5, 0.6) is 0 Å². The predicted octanol–water partition coefficient (Wildman–Crippen LogP) is 2.07. The van der Waals surface area contributed by atoms with E-state index in [1.807, 2.05) is 51.1 Å². The number of ether oxygens (including phenoxy) is 1. The van der Waals surface area contributed by atoms with E-state index in [9.17, 15) is 9.59 Å². The molecule has 0 bridgehead atoms. The molecule has 1 aliphatic heterocycles.